The zero-order valence-corrected chi connectivity index (χ0v) is 16.8. The van der Waals surface area contributed by atoms with E-state index < -0.39 is 17.8 Å². The van der Waals surface area contributed by atoms with Gasteiger partial charge >= 0.3 is 6.18 Å². The van der Waals surface area contributed by atoms with Crippen molar-refractivity contribution in [3.63, 3.8) is 0 Å². The molecule has 0 radical (unpaired) electrons. The number of fused-ring (bicyclic) bond motifs is 1. The predicted molar refractivity (Wildman–Crippen MR) is 109 cm³/mol. The maximum atomic E-state index is 12.8. The molecule has 4 rings (SSSR count). The van der Waals surface area contributed by atoms with E-state index in [4.69, 9.17) is 0 Å². The van der Waals surface area contributed by atoms with Gasteiger partial charge in [-0.1, -0.05) is 19.3 Å². The van der Waals surface area contributed by atoms with Crippen molar-refractivity contribution < 1.29 is 18.0 Å². The van der Waals surface area contributed by atoms with Crippen LogP contribution in [-0.2, 0) is 12.7 Å². The van der Waals surface area contributed by atoms with Crippen LogP contribution in [0.1, 0.15) is 53.8 Å². The number of hydrogen-bond acceptors (Lipinski definition) is 5. The van der Waals surface area contributed by atoms with E-state index >= 15 is 0 Å². The lowest BCUT2D eigenvalue weighted by Gasteiger charge is -2.21. The lowest BCUT2D eigenvalue weighted by Crippen LogP contribution is -2.24. The van der Waals surface area contributed by atoms with Crippen molar-refractivity contribution in [2.75, 3.05) is 11.9 Å². The number of H-pyrrole nitrogens is 1. The van der Waals surface area contributed by atoms with Crippen LogP contribution in [0, 0.1) is 5.92 Å². The van der Waals surface area contributed by atoms with Crippen LogP contribution < -0.4 is 10.6 Å². The third-order valence-electron chi connectivity index (χ3n) is 5.55. The zero-order chi connectivity index (χ0) is 21.8. The number of rotatable bonds is 6. The Hall–Kier alpha value is -3.17. The molecule has 0 saturated heterocycles. The maximum absolute atomic E-state index is 12.8. The minimum absolute atomic E-state index is 0.0799. The Kier molecular flexibility index (Phi) is 6.06. The van der Waals surface area contributed by atoms with Crippen LogP contribution in [0.2, 0.25) is 0 Å². The quantitative estimate of drug-likeness (QED) is 0.540. The van der Waals surface area contributed by atoms with Gasteiger partial charge in [0.2, 0.25) is 0 Å². The van der Waals surface area contributed by atoms with E-state index in [1.807, 2.05) is 0 Å². The smallest absolute Gasteiger partial charge is 0.382 e. The molecule has 1 saturated carbocycles. The molecule has 31 heavy (non-hydrogen) atoms. The monoisotopic (exact) mass is 432 g/mol. The SMILES string of the molecule is O=C(NCc1ccnc(C(F)(F)F)c1)c1ncnc2c(NCC3CCCCC3)c[nH]c12. The lowest BCUT2D eigenvalue weighted by molar-refractivity contribution is -0.141. The van der Waals surface area contributed by atoms with Gasteiger partial charge in [-0.25, -0.2) is 9.97 Å². The van der Waals surface area contributed by atoms with Gasteiger partial charge in [-0.05, 0) is 36.5 Å². The van der Waals surface area contributed by atoms with Gasteiger partial charge < -0.3 is 15.6 Å². The van der Waals surface area contributed by atoms with Gasteiger partial charge in [0.25, 0.3) is 5.91 Å². The van der Waals surface area contributed by atoms with Gasteiger partial charge in [-0.15, -0.1) is 0 Å². The second-order valence-corrected chi connectivity index (χ2v) is 7.76. The van der Waals surface area contributed by atoms with Crippen molar-refractivity contribution in [3.8, 4) is 0 Å². The van der Waals surface area contributed by atoms with Crippen LogP contribution in [0.5, 0.6) is 0 Å². The maximum Gasteiger partial charge on any atom is 0.433 e. The third-order valence-corrected chi connectivity index (χ3v) is 5.55. The number of hydrogen-bond donors (Lipinski definition) is 3. The summed E-state index contributed by atoms with van der Waals surface area (Å²) in [5.41, 5.74) is 1.34. The molecule has 164 valence electrons. The average Bonchev–Trinajstić information content (AvgIpc) is 3.19. The molecule has 1 amide bonds. The summed E-state index contributed by atoms with van der Waals surface area (Å²) in [6.45, 7) is 0.769. The molecule has 0 spiro atoms. The van der Waals surface area contributed by atoms with Crippen LogP contribution >= 0.6 is 0 Å². The standard InChI is InChI=1S/C21H23F3N6O/c22-21(23,24)16-8-14(6-7-25-16)10-28-20(31)19-18-17(29-12-30-19)15(11-27-18)26-9-13-4-2-1-3-5-13/h6-8,11-13,26-27H,1-5,9-10H2,(H,28,31). The molecule has 0 atom stereocenters. The number of halogens is 3. The molecular formula is C21H23F3N6O. The molecule has 3 heterocycles. The summed E-state index contributed by atoms with van der Waals surface area (Å²) in [5, 5.41) is 6.03. The highest BCUT2D eigenvalue weighted by molar-refractivity contribution is 6.05. The molecule has 0 unspecified atom stereocenters. The van der Waals surface area contributed by atoms with Crippen molar-refractivity contribution >= 4 is 22.6 Å². The molecular weight excluding hydrogens is 409 g/mol. The number of carbonyl (C=O) groups is 1. The Morgan fingerprint density at radius 2 is 1.97 bits per heavy atom. The van der Waals surface area contributed by atoms with Crippen molar-refractivity contribution in [2.45, 2.75) is 44.8 Å². The highest BCUT2D eigenvalue weighted by Crippen LogP contribution is 2.28. The highest BCUT2D eigenvalue weighted by atomic mass is 19.4. The Morgan fingerprint density at radius 1 is 1.16 bits per heavy atom. The predicted octanol–water partition coefficient (Wildman–Crippen LogP) is 4.29. The first-order chi connectivity index (χ1) is 14.9. The molecule has 10 heteroatoms. The summed E-state index contributed by atoms with van der Waals surface area (Å²) in [6.07, 6.45) is 5.84. The van der Waals surface area contributed by atoms with Gasteiger partial charge in [0.15, 0.2) is 5.69 Å². The Morgan fingerprint density at radius 3 is 2.74 bits per heavy atom. The Balaban J connectivity index is 1.44. The van der Waals surface area contributed by atoms with Gasteiger partial charge in [0.05, 0.1) is 11.2 Å². The number of aromatic amines is 1. The first kappa shape index (κ1) is 21.1. The first-order valence-corrected chi connectivity index (χ1v) is 10.3. The number of anilines is 1. The van der Waals surface area contributed by atoms with Gasteiger partial charge in [0, 0.05) is 25.5 Å². The number of carbonyl (C=O) groups excluding carboxylic acids is 1. The number of amides is 1. The van der Waals surface area contributed by atoms with E-state index in [1.165, 1.54) is 44.5 Å². The molecule has 1 fully saturated rings. The highest BCUT2D eigenvalue weighted by Gasteiger charge is 2.32. The molecule has 1 aliphatic rings. The van der Waals surface area contributed by atoms with Gasteiger partial charge in [-0.2, -0.15) is 13.2 Å². The topological polar surface area (TPSA) is 95.6 Å². The van der Waals surface area contributed by atoms with Crippen LogP contribution in [0.3, 0.4) is 0 Å². The second kappa shape index (κ2) is 8.91. The first-order valence-electron chi connectivity index (χ1n) is 10.3. The summed E-state index contributed by atoms with van der Waals surface area (Å²) in [7, 11) is 0. The molecule has 0 aliphatic heterocycles. The number of pyridine rings is 1. The fourth-order valence-corrected chi connectivity index (χ4v) is 3.90. The van der Waals surface area contributed by atoms with E-state index in [-0.39, 0.29) is 12.2 Å². The fourth-order valence-electron chi connectivity index (χ4n) is 3.90. The largest absolute Gasteiger partial charge is 0.433 e. The number of nitrogens with one attached hydrogen (secondary N) is 3. The van der Waals surface area contributed by atoms with Crippen LogP contribution in [0.15, 0.2) is 30.9 Å². The van der Waals surface area contributed by atoms with Gasteiger partial charge in [0.1, 0.15) is 17.5 Å². The second-order valence-electron chi connectivity index (χ2n) is 7.76. The summed E-state index contributed by atoms with van der Waals surface area (Å²) in [5.74, 6) is 0.128. The van der Waals surface area contributed by atoms with Gasteiger partial charge in [-0.3, -0.25) is 9.78 Å². The minimum Gasteiger partial charge on any atom is -0.382 e. The molecule has 1 aliphatic carbocycles. The van der Waals surface area contributed by atoms with E-state index in [2.05, 4.69) is 30.6 Å². The number of nitrogens with zero attached hydrogens (tertiary/aromatic N) is 3. The molecule has 3 aromatic heterocycles. The van der Waals surface area contributed by atoms with Crippen LogP contribution in [0.25, 0.3) is 11.0 Å². The fraction of sp³-hybridized carbons (Fsp3) is 0.429. The van der Waals surface area contributed by atoms with E-state index in [0.717, 1.165) is 24.5 Å². The summed E-state index contributed by atoms with van der Waals surface area (Å²) in [4.78, 5) is 27.4. The van der Waals surface area contributed by atoms with E-state index in [1.54, 1.807) is 6.20 Å². The molecule has 3 aromatic rings. The summed E-state index contributed by atoms with van der Waals surface area (Å²) >= 11 is 0. The van der Waals surface area contributed by atoms with Crippen LogP contribution in [-0.4, -0.2) is 32.4 Å². The van der Waals surface area contributed by atoms with Crippen LogP contribution in [0.4, 0.5) is 18.9 Å². The normalized spacial score (nSPS) is 15.2. The molecule has 3 N–H and O–H groups in total. The lowest BCUT2D eigenvalue weighted by atomic mass is 9.89. The average molecular weight is 432 g/mol. The van der Waals surface area contributed by atoms with Crippen molar-refractivity contribution in [2.24, 2.45) is 5.92 Å². The Bertz CT molecular complexity index is 1060. The number of aromatic nitrogens is 4. The third kappa shape index (κ3) is 4.95. The van der Waals surface area contributed by atoms with Crippen molar-refractivity contribution in [1.29, 1.82) is 0 Å². The molecule has 0 aromatic carbocycles. The van der Waals surface area contributed by atoms with Crippen molar-refractivity contribution in [1.82, 2.24) is 25.3 Å². The zero-order valence-electron chi connectivity index (χ0n) is 16.8. The summed E-state index contributed by atoms with van der Waals surface area (Å²) in [6, 6.07) is 2.34. The minimum atomic E-state index is -4.54. The van der Waals surface area contributed by atoms with Crippen molar-refractivity contribution in [3.05, 3.63) is 47.8 Å². The molecule has 7 nitrogen and oxygen atoms in total. The summed E-state index contributed by atoms with van der Waals surface area (Å²) < 4.78 is 38.4. The van der Waals surface area contributed by atoms with E-state index in [9.17, 15) is 18.0 Å². The van der Waals surface area contributed by atoms with E-state index in [0.29, 0.717) is 22.5 Å². The molecule has 0 bridgehead atoms. The Labute approximate surface area is 176 Å². The number of alkyl halides is 3.